The lowest BCUT2D eigenvalue weighted by molar-refractivity contribution is 0.103. The van der Waals surface area contributed by atoms with Crippen molar-refractivity contribution in [3.05, 3.63) is 102 Å². The molecule has 29 heavy (non-hydrogen) atoms. The van der Waals surface area contributed by atoms with Crippen molar-refractivity contribution in [2.24, 2.45) is 4.99 Å². The zero-order valence-corrected chi connectivity index (χ0v) is 16.4. The summed E-state index contributed by atoms with van der Waals surface area (Å²) in [6.07, 6.45) is 13.7. The highest BCUT2D eigenvalue weighted by molar-refractivity contribution is 6.12. The number of allylic oxidation sites excluding steroid dienone is 4. The maximum atomic E-state index is 13.3. The Kier molecular flexibility index (Phi) is 6.34. The normalized spacial score (nSPS) is 11.8. The van der Waals surface area contributed by atoms with Gasteiger partial charge in [-0.1, -0.05) is 66.1 Å². The van der Waals surface area contributed by atoms with E-state index in [2.05, 4.69) is 15.9 Å². The van der Waals surface area contributed by atoms with Gasteiger partial charge in [0.2, 0.25) is 5.78 Å². The first kappa shape index (κ1) is 19.8. The maximum absolute atomic E-state index is 13.3. The summed E-state index contributed by atoms with van der Waals surface area (Å²) in [6, 6.07) is 17.5. The van der Waals surface area contributed by atoms with Crippen LogP contribution in [0.5, 0.6) is 0 Å². The van der Waals surface area contributed by atoms with Crippen LogP contribution in [0.4, 0.5) is 5.82 Å². The van der Waals surface area contributed by atoms with E-state index in [0.29, 0.717) is 17.1 Å². The Morgan fingerprint density at radius 3 is 2.52 bits per heavy atom. The number of aryl methyl sites for hydroxylation is 1. The van der Waals surface area contributed by atoms with Crippen LogP contribution in [-0.2, 0) is 0 Å². The van der Waals surface area contributed by atoms with Gasteiger partial charge in [0.05, 0.1) is 0 Å². The highest BCUT2D eigenvalue weighted by atomic mass is 16.1. The first-order valence-corrected chi connectivity index (χ1v) is 9.21. The average molecular weight is 379 g/mol. The Morgan fingerprint density at radius 1 is 1.14 bits per heavy atom. The van der Waals surface area contributed by atoms with E-state index in [9.17, 15) is 4.79 Å². The van der Waals surface area contributed by atoms with Crippen LogP contribution in [0.15, 0.2) is 89.7 Å². The smallest absolute Gasteiger partial charge is 0.214 e. The Hall–Kier alpha value is -3.97. The first-order chi connectivity index (χ1) is 14.1. The summed E-state index contributed by atoms with van der Waals surface area (Å²) in [5.41, 5.74) is 3.64. The van der Waals surface area contributed by atoms with Gasteiger partial charge < -0.3 is 0 Å². The second-order valence-corrected chi connectivity index (χ2v) is 6.39. The minimum atomic E-state index is -0.237. The number of hydrogen-bond donors (Lipinski definition) is 0. The fraction of sp³-hybridized carbons (Fsp3) is 0.0800. The van der Waals surface area contributed by atoms with Gasteiger partial charge >= 0.3 is 0 Å². The van der Waals surface area contributed by atoms with Crippen LogP contribution in [-0.4, -0.2) is 21.5 Å². The summed E-state index contributed by atoms with van der Waals surface area (Å²) < 4.78 is 1.74. The molecule has 0 saturated carbocycles. The van der Waals surface area contributed by atoms with Crippen molar-refractivity contribution in [3.63, 3.8) is 0 Å². The Balaban J connectivity index is 2.13. The number of Topliss-reactive ketones (excluding diaryl/α,β-unsaturated/α-hetero) is 1. The fourth-order valence-electron chi connectivity index (χ4n) is 2.82. The molecule has 0 spiro atoms. The molecule has 3 aromatic rings. The zero-order chi connectivity index (χ0) is 20.6. The Bertz CT molecular complexity index is 1130. The van der Waals surface area contributed by atoms with E-state index in [4.69, 9.17) is 6.42 Å². The number of benzene rings is 2. The lowest BCUT2D eigenvalue weighted by Gasteiger charge is -2.09. The van der Waals surface area contributed by atoms with E-state index in [1.54, 1.807) is 29.3 Å². The molecule has 0 saturated heterocycles. The minimum Gasteiger partial charge on any atom is -0.294 e. The number of aromatic nitrogens is 2. The Morgan fingerprint density at radius 2 is 1.86 bits per heavy atom. The summed E-state index contributed by atoms with van der Waals surface area (Å²) in [7, 11) is 0. The van der Waals surface area contributed by atoms with Crippen LogP contribution < -0.4 is 0 Å². The van der Waals surface area contributed by atoms with Gasteiger partial charge in [-0.2, -0.15) is 0 Å². The van der Waals surface area contributed by atoms with E-state index in [-0.39, 0.29) is 5.78 Å². The number of nitrogens with zero attached hydrogens (tertiary/aromatic N) is 3. The zero-order valence-electron chi connectivity index (χ0n) is 16.4. The third-order valence-electron chi connectivity index (χ3n) is 4.26. The quantitative estimate of drug-likeness (QED) is 0.193. The molecule has 0 aliphatic rings. The lowest BCUT2D eigenvalue weighted by atomic mass is 10.1. The molecule has 3 rings (SSSR count). The molecule has 0 aliphatic carbocycles. The van der Waals surface area contributed by atoms with Crippen molar-refractivity contribution in [1.29, 1.82) is 0 Å². The standard InChI is InChI=1S/C25H21N3O/c1-4-9-21(10-5-2)24(29)23-25(26-17-20-11-7-6-8-12-20)27-18-28(23)22-15-13-19(3)14-16-22/h1,5-18H,2-3H3/b10-5-,21-9+,26-17?. The molecule has 1 heterocycles. The highest BCUT2D eigenvalue weighted by Crippen LogP contribution is 2.25. The highest BCUT2D eigenvalue weighted by Gasteiger charge is 2.21. The number of rotatable bonds is 6. The van der Waals surface area contributed by atoms with Gasteiger partial charge in [0, 0.05) is 17.5 Å². The number of terminal acetylenes is 1. The molecule has 0 aliphatic heterocycles. The number of imidazole rings is 1. The van der Waals surface area contributed by atoms with Crippen molar-refractivity contribution in [2.75, 3.05) is 0 Å². The third kappa shape index (κ3) is 4.66. The summed E-state index contributed by atoms with van der Waals surface area (Å²) in [6.45, 7) is 3.85. The van der Waals surface area contributed by atoms with Crippen molar-refractivity contribution in [2.45, 2.75) is 13.8 Å². The van der Waals surface area contributed by atoms with Gasteiger partial charge in [-0.05, 0) is 37.6 Å². The van der Waals surface area contributed by atoms with Gasteiger partial charge in [-0.3, -0.25) is 9.36 Å². The molecule has 0 N–H and O–H groups in total. The summed E-state index contributed by atoms with van der Waals surface area (Å²) in [5, 5.41) is 0. The molecule has 0 amide bonds. The van der Waals surface area contributed by atoms with Gasteiger partial charge in [-0.15, -0.1) is 6.42 Å². The largest absolute Gasteiger partial charge is 0.294 e. The summed E-state index contributed by atoms with van der Waals surface area (Å²) in [5.74, 6) is 2.54. The summed E-state index contributed by atoms with van der Waals surface area (Å²) in [4.78, 5) is 22.2. The molecule has 1 aromatic heterocycles. The SMILES string of the molecule is C#C/C=C(\C=C/C)C(=O)c1c(N=Cc2ccccc2)ncn1-c1ccc(C)cc1. The second-order valence-electron chi connectivity index (χ2n) is 6.39. The van der Waals surface area contributed by atoms with E-state index in [1.807, 2.05) is 68.4 Å². The lowest BCUT2D eigenvalue weighted by Crippen LogP contribution is -2.09. The number of hydrogen-bond acceptors (Lipinski definition) is 3. The molecular weight excluding hydrogens is 358 g/mol. The van der Waals surface area contributed by atoms with Crippen LogP contribution >= 0.6 is 0 Å². The van der Waals surface area contributed by atoms with Crippen LogP contribution in [0, 0.1) is 19.3 Å². The van der Waals surface area contributed by atoms with Gasteiger partial charge in [0.25, 0.3) is 0 Å². The molecule has 0 bridgehead atoms. The minimum absolute atomic E-state index is 0.237. The molecule has 142 valence electrons. The van der Waals surface area contributed by atoms with Crippen molar-refractivity contribution >= 4 is 17.8 Å². The number of carbonyl (C=O) groups excluding carboxylic acids is 1. The summed E-state index contributed by atoms with van der Waals surface area (Å²) >= 11 is 0. The van der Waals surface area contributed by atoms with Crippen molar-refractivity contribution in [1.82, 2.24) is 9.55 Å². The monoisotopic (exact) mass is 379 g/mol. The fourth-order valence-corrected chi connectivity index (χ4v) is 2.82. The van der Waals surface area contributed by atoms with Crippen LogP contribution in [0.25, 0.3) is 5.69 Å². The van der Waals surface area contributed by atoms with E-state index >= 15 is 0 Å². The van der Waals surface area contributed by atoms with Crippen molar-refractivity contribution in [3.8, 4) is 18.0 Å². The van der Waals surface area contributed by atoms with Crippen molar-refractivity contribution < 1.29 is 4.79 Å². The first-order valence-electron chi connectivity index (χ1n) is 9.21. The van der Waals surface area contributed by atoms with E-state index in [1.165, 1.54) is 6.08 Å². The van der Waals surface area contributed by atoms with Crippen LogP contribution in [0.1, 0.15) is 28.5 Å². The number of ketones is 1. The predicted octanol–water partition coefficient (Wildman–Crippen LogP) is 5.25. The van der Waals surface area contributed by atoms with Gasteiger partial charge in [-0.25, -0.2) is 9.98 Å². The Labute approximate surface area is 171 Å². The van der Waals surface area contributed by atoms with Crippen LogP contribution in [0.2, 0.25) is 0 Å². The molecule has 2 aromatic carbocycles. The van der Waals surface area contributed by atoms with Crippen LogP contribution in [0.3, 0.4) is 0 Å². The van der Waals surface area contributed by atoms with Gasteiger partial charge in [0.15, 0.2) is 5.82 Å². The molecule has 0 atom stereocenters. The molecule has 4 nitrogen and oxygen atoms in total. The van der Waals surface area contributed by atoms with Gasteiger partial charge in [0.1, 0.15) is 12.0 Å². The predicted molar refractivity (Wildman–Crippen MR) is 118 cm³/mol. The molecule has 0 unspecified atom stereocenters. The number of carbonyl (C=O) groups is 1. The molecule has 4 heteroatoms. The molecular formula is C25H21N3O. The van der Waals surface area contributed by atoms with E-state index < -0.39 is 0 Å². The molecule has 0 radical (unpaired) electrons. The maximum Gasteiger partial charge on any atom is 0.214 e. The van der Waals surface area contributed by atoms with E-state index in [0.717, 1.165) is 16.8 Å². The second kappa shape index (κ2) is 9.29. The topological polar surface area (TPSA) is 47.2 Å². The number of aliphatic imine (C=N–C) groups is 1. The molecule has 0 fully saturated rings. The average Bonchev–Trinajstić information content (AvgIpc) is 3.17. The third-order valence-corrected chi connectivity index (χ3v) is 4.26.